The lowest BCUT2D eigenvalue weighted by atomic mass is 10.2. The van der Waals surface area contributed by atoms with Gasteiger partial charge in [0.25, 0.3) is 5.91 Å². The van der Waals surface area contributed by atoms with Crippen LogP contribution in [0.2, 0.25) is 10.0 Å². The molecule has 0 spiro atoms. The third-order valence-electron chi connectivity index (χ3n) is 3.41. The van der Waals surface area contributed by atoms with E-state index in [1.54, 1.807) is 18.2 Å². The summed E-state index contributed by atoms with van der Waals surface area (Å²) in [6.45, 7) is 0. The fourth-order valence-corrected chi connectivity index (χ4v) is 2.67. The Morgan fingerprint density at radius 3 is 2.30 bits per heavy atom. The number of carbonyl (C=O) groups excluding carboxylic acids is 1. The molecule has 1 amide bonds. The number of halogens is 3. The van der Waals surface area contributed by atoms with Crippen LogP contribution in [0.4, 0.5) is 27.4 Å². The SMILES string of the molecule is Nc1c(NNC(=O)c2ccc(F)cc2)ncnc1Nc1cc(Cl)cc(Cl)c1. The molecule has 0 unspecified atom stereocenters. The zero-order chi connectivity index (χ0) is 19.4. The predicted molar refractivity (Wildman–Crippen MR) is 104 cm³/mol. The second-order valence-electron chi connectivity index (χ2n) is 5.35. The van der Waals surface area contributed by atoms with Crippen molar-refractivity contribution in [2.24, 2.45) is 0 Å². The third-order valence-corrected chi connectivity index (χ3v) is 3.85. The van der Waals surface area contributed by atoms with Gasteiger partial charge in [-0.05, 0) is 42.5 Å². The number of carbonyl (C=O) groups is 1. The van der Waals surface area contributed by atoms with Gasteiger partial charge in [-0.15, -0.1) is 0 Å². The van der Waals surface area contributed by atoms with Crippen molar-refractivity contribution in [3.05, 3.63) is 70.2 Å². The van der Waals surface area contributed by atoms with Crippen LogP contribution < -0.4 is 21.9 Å². The molecule has 0 aliphatic carbocycles. The van der Waals surface area contributed by atoms with Crippen molar-refractivity contribution >= 4 is 52.1 Å². The lowest BCUT2D eigenvalue weighted by Gasteiger charge is -2.13. The first-order chi connectivity index (χ1) is 12.9. The van der Waals surface area contributed by atoms with Crippen LogP contribution >= 0.6 is 23.2 Å². The highest BCUT2D eigenvalue weighted by Crippen LogP contribution is 2.28. The van der Waals surface area contributed by atoms with Crippen LogP contribution in [0, 0.1) is 5.82 Å². The maximum Gasteiger partial charge on any atom is 0.269 e. The summed E-state index contributed by atoms with van der Waals surface area (Å²) in [4.78, 5) is 20.1. The van der Waals surface area contributed by atoms with E-state index < -0.39 is 11.7 Å². The van der Waals surface area contributed by atoms with Gasteiger partial charge in [0.1, 0.15) is 17.8 Å². The van der Waals surface area contributed by atoms with Crippen molar-refractivity contribution in [3.63, 3.8) is 0 Å². The first-order valence-corrected chi connectivity index (χ1v) is 8.33. The molecule has 7 nitrogen and oxygen atoms in total. The molecule has 3 rings (SSSR count). The largest absolute Gasteiger partial charge is 0.393 e. The molecule has 0 aliphatic rings. The number of hydrazine groups is 1. The second-order valence-corrected chi connectivity index (χ2v) is 6.23. The summed E-state index contributed by atoms with van der Waals surface area (Å²) in [5, 5.41) is 3.87. The molecule has 1 heterocycles. The normalized spacial score (nSPS) is 10.3. The topological polar surface area (TPSA) is 105 Å². The number of aromatic nitrogens is 2. The van der Waals surface area contributed by atoms with Gasteiger partial charge < -0.3 is 11.1 Å². The molecule has 2 aromatic carbocycles. The molecule has 0 radical (unpaired) electrons. The van der Waals surface area contributed by atoms with Gasteiger partial charge in [0.15, 0.2) is 11.6 Å². The third kappa shape index (κ3) is 4.75. The Bertz CT molecular complexity index is 963. The lowest BCUT2D eigenvalue weighted by molar-refractivity contribution is 0.0962. The van der Waals surface area contributed by atoms with Gasteiger partial charge in [0, 0.05) is 21.3 Å². The van der Waals surface area contributed by atoms with Crippen LogP contribution in [0.3, 0.4) is 0 Å². The van der Waals surface area contributed by atoms with Gasteiger partial charge in [0.2, 0.25) is 0 Å². The minimum Gasteiger partial charge on any atom is -0.393 e. The minimum atomic E-state index is -0.482. The lowest BCUT2D eigenvalue weighted by Crippen LogP contribution is -2.30. The number of hydrogen-bond donors (Lipinski definition) is 4. The van der Waals surface area contributed by atoms with Crippen molar-refractivity contribution in [3.8, 4) is 0 Å². The molecule has 0 saturated heterocycles. The zero-order valence-electron chi connectivity index (χ0n) is 13.6. The average molecular weight is 407 g/mol. The van der Waals surface area contributed by atoms with E-state index in [9.17, 15) is 9.18 Å². The Morgan fingerprint density at radius 2 is 1.63 bits per heavy atom. The Kier molecular flexibility index (Phi) is 5.58. The molecule has 10 heteroatoms. The molecule has 27 heavy (non-hydrogen) atoms. The fourth-order valence-electron chi connectivity index (χ4n) is 2.15. The van der Waals surface area contributed by atoms with Crippen LogP contribution in [0.15, 0.2) is 48.8 Å². The molecule has 0 bridgehead atoms. The highest BCUT2D eigenvalue weighted by atomic mass is 35.5. The maximum atomic E-state index is 12.9. The molecule has 0 fully saturated rings. The van der Waals surface area contributed by atoms with E-state index in [2.05, 4.69) is 26.1 Å². The Labute approximate surface area is 163 Å². The first-order valence-electron chi connectivity index (χ1n) is 7.58. The van der Waals surface area contributed by atoms with Crippen molar-refractivity contribution in [2.75, 3.05) is 16.5 Å². The summed E-state index contributed by atoms with van der Waals surface area (Å²) >= 11 is 11.9. The molecule has 138 valence electrons. The molecule has 3 aromatic rings. The van der Waals surface area contributed by atoms with Crippen LogP contribution in [0.5, 0.6) is 0 Å². The number of anilines is 4. The van der Waals surface area contributed by atoms with Gasteiger partial charge in [0.05, 0.1) is 0 Å². The van der Waals surface area contributed by atoms with E-state index in [-0.39, 0.29) is 17.1 Å². The van der Waals surface area contributed by atoms with Crippen LogP contribution in [-0.4, -0.2) is 15.9 Å². The van der Waals surface area contributed by atoms with E-state index in [1.807, 2.05) is 0 Å². The molecule has 0 saturated carbocycles. The van der Waals surface area contributed by atoms with Crippen LogP contribution in [0.1, 0.15) is 10.4 Å². The van der Waals surface area contributed by atoms with E-state index >= 15 is 0 Å². The molecule has 0 aliphatic heterocycles. The smallest absolute Gasteiger partial charge is 0.269 e. The molecular weight excluding hydrogens is 394 g/mol. The summed E-state index contributed by atoms with van der Waals surface area (Å²) < 4.78 is 12.9. The van der Waals surface area contributed by atoms with Crippen molar-refractivity contribution < 1.29 is 9.18 Å². The standard InChI is InChI=1S/C17H13Cl2FN6O/c18-10-5-11(19)7-13(6-10)24-15-14(21)16(23-8-22-15)25-26-17(27)9-1-3-12(20)4-2-9/h1-8H,21H2,(H,26,27)(H2,22,23,24,25). The number of nitrogens with zero attached hydrogens (tertiary/aromatic N) is 2. The maximum absolute atomic E-state index is 12.9. The number of benzene rings is 2. The van der Waals surface area contributed by atoms with E-state index in [1.165, 1.54) is 30.6 Å². The van der Waals surface area contributed by atoms with Gasteiger partial charge in [-0.3, -0.25) is 15.6 Å². The second kappa shape index (κ2) is 8.07. The summed E-state index contributed by atoms with van der Waals surface area (Å²) in [7, 11) is 0. The van der Waals surface area contributed by atoms with Crippen molar-refractivity contribution in [1.82, 2.24) is 15.4 Å². The number of hydrogen-bond acceptors (Lipinski definition) is 6. The van der Waals surface area contributed by atoms with Gasteiger partial charge >= 0.3 is 0 Å². The molecule has 1 aromatic heterocycles. The van der Waals surface area contributed by atoms with Gasteiger partial charge in [-0.1, -0.05) is 23.2 Å². The quantitative estimate of drug-likeness (QED) is 0.477. The summed E-state index contributed by atoms with van der Waals surface area (Å²) in [6.07, 6.45) is 1.26. The van der Waals surface area contributed by atoms with Crippen LogP contribution in [0.25, 0.3) is 0 Å². The van der Waals surface area contributed by atoms with Gasteiger partial charge in [-0.25, -0.2) is 14.4 Å². The van der Waals surface area contributed by atoms with Crippen molar-refractivity contribution in [2.45, 2.75) is 0 Å². The number of nitrogen functional groups attached to an aromatic ring is 1. The first kappa shape index (κ1) is 18.7. The number of nitrogens with one attached hydrogen (secondary N) is 3. The summed E-state index contributed by atoms with van der Waals surface area (Å²) in [6, 6.07) is 9.97. The van der Waals surface area contributed by atoms with Crippen molar-refractivity contribution in [1.29, 1.82) is 0 Å². The van der Waals surface area contributed by atoms with Crippen LogP contribution in [-0.2, 0) is 0 Å². The zero-order valence-corrected chi connectivity index (χ0v) is 15.1. The number of amides is 1. The Hall–Kier alpha value is -3.10. The fraction of sp³-hybridized carbons (Fsp3) is 0. The highest BCUT2D eigenvalue weighted by molar-refractivity contribution is 6.35. The number of nitrogens with two attached hydrogens (primary N) is 1. The summed E-state index contributed by atoms with van der Waals surface area (Å²) in [5.41, 5.74) is 12.1. The van der Waals surface area contributed by atoms with Gasteiger partial charge in [-0.2, -0.15) is 0 Å². The van der Waals surface area contributed by atoms with E-state index in [4.69, 9.17) is 28.9 Å². The number of rotatable bonds is 5. The Balaban J connectivity index is 1.72. The molecule has 0 atom stereocenters. The molecular formula is C17H13Cl2FN6O. The molecule has 5 N–H and O–H groups in total. The Morgan fingerprint density at radius 1 is 1.00 bits per heavy atom. The summed E-state index contributed by atoms with van der Waals surface area (Å²) in [5.74, 6) is -0.446. The average Bonchev–Trinajstić information content (AvgIpc) is 2.62. The van der Waals surface area contributed by atoms with E-state index in [0.29, 0.717) is 21.6 Å². The highest BCUT2D eigenvalue weighted by Gasteiger charge is 2.11. The minimum absolute atomic E-state index is 0.160. The van der Waals surface area contributed by atoms with E-state index in [0.717, 1.165) is 0 Å². The predicted octanol–water partition coefficient (Wildman–Crippen LogP) is 4.01. The monoisotopic (exact) mass is 406 g/mol.